The van der Waals surface area contributed by atoms with Crippen molar-refractivity contribution >= 4 is 25.5 Å². The first-order valence-electron chi connectivity index (χ1n) is 5.42. The highest BCUT2D eigenvalue weighted by molar-refractivity contribution is 6.40. The molecule has 1 saturated carbocycles. The summed E-state index contributed by atoms with van der Waals surface area (Å²) in [5, 5.41) is 36.0. The predicted octanol–water partition coefficient (Wildman–Crippen LogP) is -0.786. The van der Waals surface area contributed by atoms with E-state index in [4.69, 9.17) is 20.9 Å². The van der Waals surface area contributed by atoms with Gasteiger partial charge in [0.05, 0.1) is 6.10 Å². The highest BCUT2D eigenvalue weighted by Crippen LogP contribution is 2.34. The molecule has 0 bridgehead atoms. The molecule has 6 N–H and O–H groups in total. The van der Waals surface area contributed by atoms with Crippen molar-refractivity contribution in [2.75, 3.05) is 0 Å². The number of aliphatic carboxylic acids is 1. The SMILES string of the molecule is Cl.N[C@]1(C(=O)O)C[C@H](CCB(O)O)CC[C@H]1O. The minimum atomic E-state index is -1.59. The van der Waals surface area contributed by atoms with Crippen molar-refractivity contribution in [2.45, 2.75) is 43.6 Å². The molecule has 17 heavy (non-hydrogen) atoms. The van der Waals surface area contributed by atoms with E-state index in [-0.39, 0.29) is 31.1 Å². The summed E-state index contributed by atoms with van der Waals surface area (Å²) in [5.41, 5.74) is 4.07. The summed E-state index contributed by atoms with van der Waals surface area (Å²) >= 11 is 0. The molecule has 6 nitrogen and oxygen atoms in total. The van der Waals surface area contributed by atoms with Crippen LogP contribution in [0.5, 0.6) is 0 Å². The third-order valence-corrected chi connectivity index (χ3v) is 3.30. The van der Waals surface area contributed by atoms with E-state index in [0.29, 0.717) is 19.3 Å². The summed E-state index contributed by atoms with van der Waals surface area (Å²) in [7, 11) is -1.37. The fourth-order valence-corrected chi connectivity index (χ4v) is 2.23. The average molecular weight is 268 g/mol. The van der Waals surface area contributed by atoms with Gasteiger partial charge in [-0.3, -0.25) is 4.79 Å². The van der Waals surface area contributed by atoms with Crippen molar-refractivity contribution in [2.24, 2.45) is 11.7 Å². The van der Waals surface area contributed by atoms with Gasteiger partial charge in [0.25, 0.3) is 0 Å². The molecule has 1 rings (SSSR count). The van der Waals surface area contributed by atoms with Gasteiger partial charge in [-0.25, -0.2) is 0 Å². The van der Waals surface area contributed by atoms with Crippen LogP contribution in [0.4, 0.5) is 0 Å². The molecule has 1 aliphatic carbocycles. The molecule has 0 amide bonds. The van der Waals surface area contributed by atoms with Crippen LogP contribution >= 0.6 is 12.4 Å². The van der Waals surface area contributed by atoms with Crippen molar-refractivity contribution in [1.29, 1.82) is 0 Å². The summed E-state index contributed by atoms with van der Waals surface area (Å²) < 4.78 is 0. The fourth-order valence-electron chi connectivity index (χ4n) is 2.23. The first-order valence-corrected chi connectivity index (χ1v) is 5.42. The second kappa shape index (κ2) is 6.56. The van der Waals surface area contributed by atoms with Gasteiger partial charge in [-0.1, -0.05) is 6.42 Å². The first kappa shape index (κ1) is 16.7. The zero-order valence-electron chi connectivity index (χ0n) is 9.45. The summed E-state index contributed by atoms with van der Waals surface area (Å²) in [6.45, 7) is 0. The maximum Gasteiger partial charge on any atom is 0.451 e. The molecule has 0 aromatic rings. The molecular formula is C9H19BClNO5. The van der Waals surface area contributed by atoms with Gasteiger partial charge in [0.2, 0.25) is 0 Å². The highest BCUT2D eigenvalue weighted by atomic mass is 35.5. The molecule has 0 aromatic heterocycles. The van der Waals surface area contributed by atoms with Gasteiger partial charge < -0.3 is 26.0 Å². The second-order valence-corrected chi connectivity index (χ2v) is 4.57. The van der Waals surface area contributed by atoms with E-state index in [2.05, 4.69) is 0 Å². The lowest BCUT2D eigenvalue weighted by Crippen LogP contribution is -2.60. The summed E-state index contributed by atoms with van der Waals surface area (Å²) in [6.07, 6.45) is 0.874. The lowest BCUT2D eigenvalue weighted by atomic mass is 9.70. The van der Waals surface area contributed by atoms with Crippen molar-refractivity contribution < 1.29 is 25.1 Å². The zero-order chi connectivity index (χ0) is 12.3. The van der Waals surface area contributed by atoms with E-state index in [0.717, 1.165) is 0 Å². The van der Waals surface area contributed by atoms with Crippen molar-refractivity contribution in [3.63, 3.8) is 0 Å². The molecule has 1 aliphatic rings. The summed E-state index contributed by atoms with van der Waals surface area (Å²) in [4.78, 5) is 11.0. The van der Waals surface area contributed by atoms with Gasteiger partial charge in [0.1, 0.15) is 5.54 Å². The Morgan fingerprint density at radius 1 is 1.41 bits per heavy atom. The van der Waals surface area contributed by atoms with Crippen LogP contribution in [-0.2, 0) is 4.79 Å². The third kappa shape index (κ3) is 4.11. The highest BCUT2D eigenvalue weighted by Gasteiger charge is 2.46. The second-order valence-electron chi connectivity index (χ2n) is 4.57. The van der Waals surface area contributed by atoms with Crippen LogP contribution in [0.15, 0.2) is 0 Å². The molecular weight excluding hydrogens is 248 g/mol. The van der Waals surface area contributed by atoms with Crippen LogP contribution in [0.2, 0.25) is 6.32 Å². The molecule has 0 aromatic carbocycles. The van der Waals surface area contributed by atoms with Crippen LogP contribution < -0.4 is 5.73 Å². The number of nitrogens with two attached hydrogens (primary N) is 1. The van der Waals surface area contributed by atoms with E-state index in [1.54, 1.807) is 0 Å². The Kier molecular flexibility index (Phi) is 6.43. The molecule has 0 saturated heterocycles. The number of rotatable bonds is 4. The first-order chi connectivity index (χ1) is 7.36. The van der Waals surface area contributed by atoms with Crippen molar-refractivity contribution in [1.82, 2.24) is 0 Å². The van der Waals surface area contributed by atoms with E-state index in [9.17, 15) is 9.90 Å². The molecule has 0 radical (unpaired) electrons. The van der Waals surface area contributed by atoms with Crippen LogP contribution in [0, 0.1) is 5.92 Å². The number of aliphatic hydroxyl groups is 1. The Morgan fingerprint density at radius 2 is 2.00 bits per heavy atom. The molecule has 8 heteroatoms. The molecule has 0 aliphatic heterocycles. The van der Waals surface area contributed by atoms with E-state index in [1.165, 1.54) is 0 Å². The number of halogens is 1. The topological polar surface area (TPSA) is 124 Å². The average Bonchev–Trinajstić information content (AvgIpc) is 2.19. The number of carboxylic acids is 1. The Labute approximate surface area is 106 Å². The maximum absolute atomic E-state index is 11.0. The van der Waals surface area contributed by atoms with Crippen LogP contribution in [0.3, 0.4) is 0 Å². The normalized spacial score (nSPS) is 32.7. The Hall–Kier alpha value is -0.335. The Morgan fingerprint density at radius 3 is 2.47 bits per heavy atom. The van der Waals surface area contributed by atoms with Gasteiger partial charge in [-0.2, -0.15) is 0 Å². The van der Waals surface area contributed by atoms with Crippen LogP contribution in [-0.4, -0.2) is 45.0 Å². The number of hydrogen-bond donors (Lipinski definition) is 5. The van der Waals surface area contributed by atoms with Gasteiger partial charge in [-0.15, -0.1) is 12.4 Å². The Balaban J connectivity index is 0.00000256. The molecule has 1 fully saturated rings. The summed E-state index contributed by atoms with van der Waals surface area (Å²) in [5.74, 6) is -1.18. The monoisotopic (exact) mass is 267 g/mol. The van der Waals surface area contributed by atoms with E-state index < -0.39 is 24.7 Å². The molecule has 0 heterocycles. The summed E-state index contributed by atoms with van der Waals surface area (Å²) in [6, 6.07) is 0. The molecule has 0 spiro atoms. The standard InChI is InChI=1S/C9H18BNO5.ClH/c11-9(8(13)14)5-6(1-2-7(9)12)3-4-10(15)16;/h6-7,12,15-16H,1-5,11H2,(H,13,14);1H/t6-,7+,9+;/m0./s1. The van der Waals surface area contributed by atoms with Crippen molar-refractivity contribution in [3.8, 4) is 0 Å². The number of carbonyl (C=O) groups is 1. The molecule has 100 valence electrons. The van der Waals surface area contributed by atoms with Gasteiger partial charge in [0, 0.05) is 0 Å². The molecule has 3 atom stereocenters. The van der Waals surface area contributed by atoms with Crippen LogP contribution in [0.1, 0.15) is 25.7 Å². The zero-order valence-corrected chi connectivity index (χ0v) is 10.3. The molecule has 0 unspecified atom stereocenters. The van der Waals surface area contributed by atoms with Crippen LogP contribution in [0.25, 0.3) is 0 Å². The number of aliphatic hydroxyl groups excluding tert-OH is 1. The predicted molar refractivity (Wildman–Crippen MR) is 64.8 cm³/mol. The number of carboxylic acid groups (broad SMARTS) is 1. The van der Waals surface area contributed by atoms with E-state index >= 15 is 0 Å². The minimum absolute atomic E-state index is 0. The quantitative estimate of drug-likeness (QED) is 0.425. The lowest BCUT2D eigenvalue weighted by molar-refractivity contribution is -0.151. The van der Waals surface area contributed by atoms with Gasteiger partial charge >= 0.3 is 13.1 Å². The number of hydrogen-bond acceptors (Lipinski definition) is 5. The van der Waals surface area contributed by atoms with Gasteiger partial charge in [0.15, 0.2) is 0 Å². The third-order valence-electron chi connectivity index (χ3n) is 3.30. The Bertz CT molecular complexity index is 268. The van der Waals surface area contributed by atoms with E-state index in [1.807, 2.05) is 0 Å². The lowest BCUT2D eigenvalue weighted by Gasteiger charge is -2.38. The largest absolute Gasteiger partial charge is 0.480 e. The van der Waals surface area contributed by atoms with Crippen molar-refractivity contribution in [3.05, 3.63) is 0 Å². The smallest absolute Gasteiger partial charge is 0.451 e. The fraction of sp³-hybridized carbons (Fsp3) is 0.889. The van der Waals surface area contributed by atoms with Gasteiger partial charge in [-0.05, 0) is 31.5 Å². The maximum atomic E-state index is 11.0. The minimum Gasteiger partial charge on any atom is -0.480 e.